The van der Waals surface area contributed by atoms with Gasteiger partial charge in [-0.15, -0.1) is 0 Å². The number of hydrogen-bond donors (Lipinski definition) is 1. The molecule has 0 aliphatic heterocycles. The molecule has 1 N–H and O–H groups in total. The number of carbonyl (C=O) groups is 1. The van der Waals surface area contributed by atoms with Gasteiger partial charge in [-0.05, 0) is 35.8 Å². The highest BCUT2D eigenvalue weighted by Gasteiger charge is 2.13. The molecule has 0 radical (unpaired) electrons. The smallest absolute Gasteiger partial charge is 0.244 e. The largest absolute Gasteiger partial charge is 0.375 e. The van der Waals surface area contributed by atoms with Gasteiger partial charge in [0.2, 0.25) is 5.91 Å². The number of methoxy groups -OCH3 is 1. The van der Waals surface area contributed by atoms with Crippen molar-refractivity contribution in [1.82, 2.24) is 5.32 Å². The van der Waals surface area contributed by atoms with Crippen LogP contribution in [0.25, 0.3) is 6.08 Å². The molecule has 0 fully saturated rings. The number of amides is 1. The Kier molecular flexibility index (Phi) is 6.39. The summed E-state index contributed by atoms with van der Waals surface area (Å²) < 4.78 is 5.49. The number of benzene rings is 2. The van der Waals surface area contributed by atoms with Crippen LogP contribution in [0.3, 0.4) is 0 Å². The van der Waals surface area contributed by atoms with E-state index in [0.717, 1.165) is 16.7 Å². The normalized spacial score (nSPS) is 12.3. The van der Waals surface area contributed by atoms with Crippen LogP contribution in [0.2, 0.25) is 5.02 Å². The highest BCUT2D eigenvalue weighted by molar-refractivity contribution is 6.32. The Hall–Kier alpha value is -2.10. The molecule has 23 heavy (non-hydrogen) atoms. The molecule has 0 aliphatic carbocycles. The lowest BCUT2D eigenvalue weighted by Gasteiger charge is -2.18. The molecule has 0 bridgehead atoms. The highest BCUT2D eigenvalue weighted by atomic mass is 35.5. The summed E-state index contributed by atoms with van der Waals surface area (Å²) in [7, 11) is 1.64. The van der Waals surface area contributed by atoms with Gasteiger partial charge >= 0.3 is 0 Å². The summed E-state index contributed by atoms with van der Waals surface area (Å²) in [4.78, 5) is 12.0. The van der Waals surface area contributed by atoms with Gasteiger partial charge in [-0.3, -0.25) is 4.79 Å². The van der Waals surface area contributed by atoms with Crippen LogP contribution in [-0.4, -0.2) is 19.6 Å². The summed E-state index contributed by atoms with van der Waals surface area (Å²) in [5.74, 6) is -0.180. The van der Waals surface area contributed by atoms with Crippen molar-refractivity contribution >= 4 is 23.6 Å². The molecule has 120 valence electrons. The SMILES string of the molecule is CO[C@@H](CNC(=O)/C=C/c1ccccc1Cl)c1ccccc1C. The fourth-order valence-corrected chi connectivity index (χ4v) is 2.49. The molecular formula is C19H20ClNO2. The topological polar surface area (TPSA) is 38.3 Å². The van der Waals surface area contributed by atoms with Crippen LogP contribution in [0.15, 0.2) is 54.6 Å². The molecule has 3 nitrogen and oxygen atoms in total. The van der Waals surface area contributed by atoms with E-state index in [1.165, 1.54) is 6.08 Å². The maximum absolute atomic E-state index is 12.0. The molecule has 0 unspecified atom stereocenters. The molecule has 2 aromatic rings. The van der Waals surface area contributed by atoms with Crippen LogP contribution in [0, 0.1) is 6.92 Å². The maximum atomic E-state index is 12.0. The van der Waals surface area contributed by atoms with Gasteiger partial charge in [0, 0.05) is 24.8 Å². The minimum Gasteiger partial charge on any atom is -0.375 e. The van der Waals surface area contributed by atoms with E-state index in [9.17, 15) is 4.79 Å². The average Bonchev–Trinajstić information content (AvgIpc) is 2.56. The Bertz CT molecular complexity index is 697. The van der Waals surface area contributed by atoms with E-state index in [1.54, 1.807) is 19.3 Å². The van der Waals surface area contributed by atoms with Crippen LogP contribution >= 0.6 is 11.6 Å². The zero-order valence-corrected chi connectivity index (χ0v) is 14.0. The third kappa shape index (κ3) is 4.95. The number of halogens is 1. The third-order valence-corrected chi connectivity index (χ3v) is 3.95. The third-order valence-electron chi connectivity index (χ3n) is 3.60. The second-order valence-corrected chi connectivity index (χ2v) is 5.59. The van der Waals surface area contributed by atoms with Crippen LogP contribution in [0.5, 0.6) is 0 Å². The first-order chi connectivity index (χ1) is 11.1. The van der Waals surface area contributed by atoms with Crippen LogP contribution in [0.4, 0.5) is 0 Å². The Morgan fingerprint density at radius 2 is 1.91 bits per heavy atom. The van der Waals surface area contributed by atoms with Crippen molar-refractivity contribution in [1.29, 1.82) is 0 Å². The minimum absolute atomic E-state index is 0.172. The highest BCUT2D eigenvalue weighted by Crippen LogP contribution is 2.19. The molecule has 0 heterocycles. The van der Waals surface area contributed by atoms with Crippen molar-refractivity contribution in [3.05, 3.63) is 76.3 Å². The average molecular weight is 330 g/mol. The predicted molar refractivity (Wildman–Crippen MR) is 94.4 cm³/mol. The van der Waals surface area contributed by atoms with E-state index in [-0.39, 0.29) is 12.0 Å². The van der Waals surface area contributed by atoms with Crippen LogP contribution in [-0.2, 0) is 9.53 Å². The zero-order valence-electron chi connectivity index (χ0n) is 13.3. The Morgan fingerprint density at radius 3 is 2.61 bits per heavy atom. The van der Waals surface area contributed by atoms with Gasteiger partial charge in [0.1, 0.15) is 0 Å². The summed E-state index contributed by atoms with van der Waals surface area (Å²) in [6.07, 6.45) is 3.01. The van der Waals surface area contributed by atoms with Crippen molar-refractivity contribution in [2.75, 3.05) is 13.7 Å². The van der Waals surface area contributed by atoms with Gasteiger partial charge in [0.05, 0.1) is 6.10 Å². The second kappa shape index (κ2) is 8.51. The molecule has 0 spiro atoms. The van der Waals surface area contributed by atoms with Gasteiger partial charge in [-0.25, -0.2) is 0 Å². The van der Waals surface area contributed by atoms with E-state index in [4.69, 9.17) is 16.3 Å². The molecule has 0 aromatic heterocycles. The van der Waals surface area contributed by atoms with Gasteiger partial charge in [0.25, 0.3) is 0 Å². The molecule has 2 aromatic carbocycles. The molecule has 0 aliphatic rings. The molecule has 2 rings (SSSR count). The van der Waals surface area contributed by atoms with E-state index >= 15 is 0 Å². The lowest BCUT2D eigenvalue weighted by molar-refractivity contribution is -0.117. The van der Waals surface area contributed by atoms with Gasteiger partial charge in [-0.1, -0.05) is 54.1 Å². The van der Waals surface area contributed by atoms with E-state index < -0.39 is 0 Å². The Balaban J connectivity index is 1.95. The number of hydrogen-bond acceptors (Lipinski definition) is 2. The summed E-state index contributed by atoms with van der Waals surface area (Å²) in [5.41, 5.74) is 3.03. The minimum atomic E-state index is -0.180. The number of carbonyl (C=O) groups excluding carboxylic acids is 1. The Labute approximate surface area is 141 Å². The van der Waals surface area contributed by atoms with Gasteiger partial charge < -0.3 is 10.1 Å². The lowest BCUT2D eigenvalue weighted by Crippen LogP contribution is -2.27. The monoisotopic (exact) mass is 329 g/mol. The van der Waals surface area contributed by atoms with Crippen molar-refractivity contribution in [2.24, 2.45) is 0 Å². The van der Waals surface area contributed by atoms with Crippen molar-refractivity contribution < 1.29 is 9.53 Å². The number of ether oxygens (including phenoxy) is 1. The van der Waals surface area contributed by atoms with E-state index in [2.05, 4.69) is 5.32 Å². The van der Waals surface area contributed by atoms with E-state index in [1.807, 2.05) is 49.4 Å². The predicted octanol–water partition coefficient (Wildman–Crippen LogP) is 4.17. The van der Waals surface area contributed by atoms with Crippen LogP contribution < -0.4 is 5.32 Å². The number of nitrogens with one attached hydrogen (secondary N) is 1. The molecule has 1 atom stereocenters. The van der Waals surface area contributed by atoms with E-state index in [0.29, 0.717) is 11.6 Å². The molecule has 0 saturated carbocycles. The molecule has 1 amide bonds. The first-order valence-electron chi connectivity index (χ1n) is 7.40. The first-order valence-corrected chi connectivity index (χ1v) is 7.78. The van der Waals surface area contributed by atoms with Crippen molar-refractivity contribution in [3.8, 4) is 0 Å². The van der Waals surface area contributed by atoms with Gasteiger partial charge in [-0.2, -0.15) is 0 Å². The van der Waals surface area contributed by atoms with Crippen LogP contribution in [0.1, 0.15) is 22.8 Å². The fourth-order valence-electron chi connectivity index (χ4n) is 2.30. The zero-order chi connectivity index (χ0) is 16.7. The molecule has 0 saturated heterocycles. The maximum Gasteiger partial charge on any atom is 0.244 e. The quantitative estimate of drug-likeness (QED) is 0.808. The molecular weight excluding hydrogens is 310 g/mol. The lowest BCUT2D eigenvalue weighted by atomic mass is 10.0. The first kappa shape index (κ1) is 17.3. The summed E-state index contributed by atoms with van der Waals surface area (Å²) in [6, 6.07) is 15.4. The molecule has 4 heteroatoms. The summed E-state index contributed by atoms with van der Waals surface area (Å²) >= 11 is 6.05. The number of rotatable bonds is 6. The standard InChI is InChI=1S/C19H20ClNO2/c1-14-7-3-5-9-16(14)18(23-2)13-21-19(22)12-11-15-8-4-6-10-17(15)20/h3-12,18H,13H2,1-2H3,(H,21,22)/b12-11+/t18-/m0/s1. The van der Waals surface area contributed by atoms with Crippen molar-refractivity contribution in [3.63, 3.8) is 0 Å². The summed E-state index contributed by atoms with van der Waals surface area (Å²) in [5, 5.41) is 3.47. The van der Waals surface area contributed by atoms with Crippen molar-refractivity contribution in [2.45, 2.75) is 13.0 Å². The van der Waals surface area contributed by atoms with Gasteiger partial charge in [0.15, 0.2) is 0 Å². The fraction of sp³-hybridized carbons (Fsp3) is 0.211. The number of aryl methyl sites for hydroxylation is 1. The second-order valence-electron chi connectivity index (χ2n) is 5.18. The summed E-state index contributed by atoms with van der Waals surface area (Å²) in [6.45, 7) is 2.44. The Morgan fingerprint density at radius 1 is 1.22 bits per heavy atom.